The lowest BCUT2D eigenvalue weighted by atomic mass is 9.96. The average Bonchev–Trinajstić information content (AvgIpc) is 3.24. The van der Waals surface area contributed by atoms with Crippen LogP contribution in [-0.2, 0) is 29.4 Å². The van der Waals surface area contributed by atoms with Gasteiger partial charge in [0.1, 0.15) is 5.69 Å². The van der Waals surface area contributed by atoms with E-state index in [-0.39, 0.29) is 5.60 Å². The third-order valence-corrected chi connectivity index (χ3v) is 5.07. The molecule has 2 aliphatic rings. The van der Waals surface area contributed by atoms with Gasteiger partial charge in [-0.25, -0.2) is 4.79 Å². The number of anilines is 1. The molecule has 0 radical (unpaired) electrons. The Morgan fingerprint density at radius 3 is 2.53 bits per heavy atom. The van der Waals surface area contributed by atoms with Crippen molar-refractivity contribution in [3.8, 4) is 11.5 Å². The summed E-state index contributed by atoms with van der Waals surface area (Å²) in [7, 11) is 2.02. The number of carboxylic acid groups (broad SMARTS) is 1. The van der Waals surface area contributed by atoms with Crippen LogP contribution >= 0.6 is 0 Å². The van der Waals surface area contributed by atoms with Crippen LogP contribution < -0.4 is 4.90 Å². The van der Waals surface area contributed by atoms with Gasteiger partial charge in [-0.3, -0.25) is 9.67 Å². The summed E-state index contributed by atoms with van der Waals surface area (Å²) in [6.07, 6.45) is -0.456. The summed E-state index contributed by atoms with van der Waals surface area (Å²) in [6, 6.07) is 0. The molecule has 0 bridgehead atoms. The molecule has 0 atom stereocenters. The smallest absolute Gasteiger partial charge is 0.475 e. The molecule has 0 amide bonds. The van der Waals surface area contributed by atoms with Crippen LogP contribution in [0, 0.1) is 0 Å². The summed E-state index contributed by atoms with van der Waals surface area (Å²) in [4.78, 5) is 11.1. The molecule has 0 saturated carbocycles. The van der Waals surface area contributed by atoms with E-state index in [1.54, 1.807) is 0 Å². The molecule has 1 aliphatic heterocycles. The Labute approximate surface area is 171 Å². The number of aryl methyl sites for hydroxylation is 1. The Hall–Kier alpha value is -2.63. The minimum atomic E-state index is -5.08. The van der Waals surface area contributed by atoms with Crippen LogP contribution in [0.2, 0.25) is 0 Å². The Morgan fingerprint density at radius 1 is 1.23 bits per heavy atom. The topological polar surface area (TPSA) is 109 Å². The number of hydrogen-bond acceptors (Lipinski definition) is 6. The average molecular weight is 430 g/mol. The van der Waals surface area contributed by atoms with Crippen LogP contribution in [0.3, 0.4) is 0 Å². The Bertz CT molecular complexity index is 906. The molecule has 1 aliphatic carbocycles. The molecule has 1 fully saturated rings. The largest absolute Gasteiger partial charge is 0.490 e. The number of aromatic amines is 1. The molecule has 166 valence electrons. The molecule has 3 heterocycles. The lowest BCUT2D eigenvalue weighted by Gasteiger charge is -2.38. The van der Waals surface area contributed by atoms with Crippen molar-refractivity contribution in [1.82, 2.24) is 25.0 Å². The number of nitrogens with zero attached hydrogens (tertiary/aromatic N) is 5. The van der Waals surface area contributed by atoms with E-state index in [2.05, 4.69) is 43.7 Å². The monoisotopic (exact) mass is 430 g/mol. The number of alkyl halides is 3. The highest BCUT2D eigenvalue weighted by Gasteiger charge is 2.38. The van der Waals surface area contributed by atoms with Crippen molar-refractivity contribution in [3.63, 3.8) is 0 Å². The number of nitrogens with one attached hydrogen (secondary N) is 1. The number of aromatic nitrogens is 5. The Kier molecular flexibility index (Phi) is 6.06. The van der Waals surface area contributed by atoms with E-state index in [1.807, 2.05) is 7.05 Å². The third kappa shape index (κ3) is 4.74. The molecule has 9 nitrogen and oxygen atoms in total. The molecule has 4 rings (SSSR count). The first-order valence-corrected chi connectivity index (χ1v) is 9.64. The molecule has 12 heteroatoms. The van der Waals surface area contributed by atoms with Crippen molar-refractivity contribution in [2.24, 2.45) is 7.05 Å². The number of fused-ring (bicyclic) bond motifs is 1. The van der Waals surface area contributed by atoms with E-state index in [1.165, 1.54) is 24.1 Å². The van der Waals surface area contributed by atoms with Crippen molar-refractivity contribution in [2.45, 2.75) is 51.3 Å². The standard InChI is InChI=1S/C16H24N6O.C2HF3O2/c1-16(2)10-22(8-9-23-16)15-20-19-14(21(15)3)13-11-6-4-5-7-12(11)17-18-13;3-2(4,5)1(6)7/h4-10H2,1-3H3,(H,17,18);(H,6,7). The first kappa shape index (κ1) is 22.1. The summed E-state index contributed by atoms with van der Waals surface area (Å²) < 4.78 is 39.6. The maximum absolute atomic E-state index is 10.6. The van der Waals surface area contributed by atoms with Gasteiger partial charge >= 0.3 is 12.1 Å². The van der Waals surface area contributed by atoms with Crippen LogP contribution in [0.5, 0.6) is 0 Å². The van der Waals surface area contributed by atoms with Gasteiger partial charge in [0.2, 0.25) is 5.95 Å². The van der Waals surface area contributed by atoms with Gasteiger partial charge in [0.05, 0.1) is 12.2 Å². The molecule has 2 aromatic heterocycles. The number of rotatable bonds is 2. The molecule has 2 N–H and O–H groups in total. The van der Waals surface area contributed by atoms with Gasteiger partial charge in [-0.15, -0.1) is 10.2 Å². The number of aliphatic carboxylic acids is 1. The van der Waals surface area contributed by atoms with E-state index < -0.39 is 12.1 Å². The summed E-state index contributed by atoms with van der Waals surface area (Å²) in [5, 5.41) is 23.7. The van der Waals surface area contributed by atoms with Gasteiger partial charge in [-0.05, 0) is 39.5 Å². The van der Waals surface area contributed by atoms with E-state index in [0.717, 1.165) is 43.4 Å². The highest BCUT2D eigenvalue weighted by Crippen LogP contribution is 2.30. The molecule has 0 spiro atoms. The van der Waals surface area contributed by atoms with Crippen molar-refractivity contribution in [2.75, 3.05) is 24.6 Å². The summed E-state index contributed by atoms with van der Waals surface area (Å²) >= 11 is 0. The SMILES string of the molecule is Cn1c(-c2n[nH]c3c2CCCC3)nnc1N1CCOC(C)(C)C1.O=C(O)C(F)(F)F. The molecule has 0 aromatic carbocycles. The fraction of sp³-hybridized carbons (Fsp3) is 0.667. The van der Waals surface area contributed by atoms with Crippen molar-refractivity contribution >= 4 is 11.9 Å². The molecule has 30 heavy (non-hydrogen) atoms. The number of carboxylic acids is 1. The van der Waals surface area contributed by atoms with Gasteiger partial charge in [0.15, 0.2) is 5.82 Å². The van der Waals surface area contributed by atoms with Crippen LogP contribution in [0.15, 0.2) is 0 Å². The second-order valence-corrected chi connectivity index (χ2v) is 7.95. The number of H-pyrrole nitrogens is 1. The molecular formula is C18H25F3N6O3. The number of ether oxygens (including phenoxy) is 1. The first-order chi connectivity index (χ1) is 14.0. The molecule has 2 aromatic rings. The van der Waals surface area contributed by atoms with Gasteiger partial charge in [0.25, 0.3) is 0 Å². The molecule has 0 unspecified atom stereocenters. The third-order valence-electron chi connectivity index (χ3n) is 5.07. The van der Waals surface area contributed by atoms with Gasteiger partial charge in [0, 0.05) is 31.4 Å². The minimum absolute atomic E-state index is 0.157. The number of morpholine rings is 1. The minimum Gasteiger partial charge on any atom is -0.475 e. The zero-order valence-electron chi connectivity index (χ0n) is 17.1. The Balaban J connectivity index is 0.000000318. The number of halogens is 3. The highest BCUT2D eigenvalue weighted by atomic mass is 19.4. The van der Waals surface area contributed by atoms with Crippen LogP contribution in [0.1, 0.15) is 37.9 Å². The highest BCUT2D eigenvalue weighted by molar-refractivity contribution is 5.73. The maximum Gasteiger partial charge on any atom is 0.490 e. The predicted octanol–water partition coefficient (Wildman–Crippen LogP) is 2.33. The van der Waals surface area contributed by atoms with Gasteiger partial charge in [-0.1, -0.05) is 0 Å². The summed E-state index contributed by atoms with van der Waals surface area (Å²) in [5.74, 6) is -1.01. The van der Waals surface area contributed by atoms with Crippen LogP contribution in [0.25, 0.3) is 11.5 Å². The van der Waals surface area contributed by atoms with Crippen LogP contribution in [-0.4, -0.2) is 67.5 Å². The van der Waals surface area contributed by atoms with Gasteiger partial charge in [-0.2, -0.15) is 18.3 Å². The zero-order valence-corrected chi connectivity index (χ0v) is 17.1. The molecular weight excluding hydrogens is 405 g/mol. The molecule has 1 saturated heterocycles. The van der Waals surface area contributed by atoms with E-state index in [4.69, 9.17) is 14.6 Å². The zero-order chi connectivity index (χ0) is 22.1. The normalized spacial score (nSPS) is 18.4. The fourth-order valence-corrected chi connectivity index (χ4v) is 3.66. The van der Waals surface area contributed by atoms with Crippen molar-refractivity contribution < 1.29 is 27.8 Å². The number of hydrogen-bond donors (Lipinski definition) is 2. The van der Waals surface area contributed by atoms with Crippen molar-refractivity contribution in [3.05, 3.63) is 11.3 Å². The summed E-state index contributed by atoms with van der Waals surface area (Å²) in [6.45, 7) is 6.60. The van der Waals surface area contributed by atoms with E-state index in [0.29, 0.717) is 6.61 Å². The number of carbonyl (C=O) groups is 1. The fourth-order valence-electron chi connectivity index (χ4n) is 3.66. The van der Waals surface area contributed by atoms with Crippen LogP contribution in [0.4, 0.5) is 19.1 Å². The van der Waals surface area contributed by atoms with Gasteiger partial charge < -0.3 is 14.7 Å². The van der Waals surface area contributed by atoms with E-state index in [9.17, 15) is 13.2 Å². The van der Waals surface area contributed by atoms with Crippen molar-refractivity contribution in [1.29, 1.82) is 0 Å². The predicted molar refractivity (Wildman–Crippen MR) is 101 cm³/mol. The quantitative estimate of drug-likeness (QED) is 0.753. The van der Waals surface area contributed by atoms with E-state index >= 15 is 0 Å². The second kappa shape index (κ2) is 8.25. The Morgan fingerprint density at radius 2 is 1.90 bits per heavy atom. The summed E-state index contributed by atoms with van der Waals surface area (Å²) in [5.41, 5.74) is 3.40. The lowest BCUT2D eigenvalue weighted by molar-refractivity contribution is -0.192. The second-order valence-electron chi connectivity index (χ2n) is 7.95. The lowest BCUT2D eigenvalue weighted by Crippen LogP contribution is -2.49. The maximum atomic E-state index is 10.6. The first-order valence-electron chi connectivity index (χ1n) is 9.64.